The van der Waals surface area contributed by atoms with Gasteiger partial charge in [0.1, 0.15) is 11.1 Å². The zero-order chi connectivity index (χ0) is 39.8. The van der Waals surface area contributed by atoms with E-state index >= 15 is 0 Å². The van der Waals surface area contributed by atoms with Gasteiger partial charge in [-0.25, -0.2) is 4.79 Å². The minimum absolute atomic E-state index is 0.0197. The second-order valence-electron chi connectivity index (χ2n) is 12.7. The van der Waals surface area contributed by atoms with Crippen LogP contribution in [0.1, 0.15) is 126 Å². The third-order valence-electron chi connectivity index (χ3n) is 8.29. The Morgan fingerprint density at radius 3 is 1.75 bits per heavy atom. The van der Waals surface area contributed by atoms with Crippen molar-refractivity contribution < 1.29 is 52.5 Å². The summed E-state index contributed by atoms with van der Waals surface area (Å²) >= 11 is 1.23. The number of nitrogens with one attached hydrogen (secondary N) is 3. The van der Waals surface area contributed by atoms with Crippen LogP contribution < -0.4 is 10.6 Å². The van der Waals surface area contributed by atoms with Gasteiger partial charge in [-0.1, -0.05) is 101 Å². The van der Waals surface area contributed by atoms with Gasteiger partial charge in [0.2, 0.25) is 5.91 Å². The van der Waals surface area contributed by atoms with Gasteiger partial charge < -0.3 is 30.9 Å². The van der Waals surface area contributed by atoms with Crippen LogP contribution in [0.3, 0.4) is 0 Å². The van der Waals surface area contributed by atoms with Gasteiger partial charge >= 0.3 is 24.1 Å². The van der Waals surface area contributed by atoms with E-state index in [0.29, 0.717) is 35.8 Å². The molecular formula is C36H54F3N5O8S. The highest BCUT2D eigenvalue weighted by atomic mass is 32.2. The van der Waals surface area contributed by atoms with Crippen molar-refractivity contribution in [3.8, 4) is 0 Å². The number of hydrogen-bond donors (Lipinski definition) is 6. The number of thioether (sulfide) groups is 1. The molecule has 1 fully saturated rings. The van der Waals surface area contributed by atoms with E-state index in [-0.39, 0.29) is 37.2 Å². The van der Waals surface area contributed by atoms with Gasteiger partial charge in [-0.05, 0) is 31.9 Å². The number of nitrogens with zero attached hydrogens (tertiary/aromatic N) is 2. The first kappa shape index (κ1) is 46.9. The van der Waals surface area contributed by atoms with Gasteiger partial charge in [-0.15, -0.1) is 0 Å². The molecule has 0 saturated carbocycles. The zero-order valence-corrected chi connectivity index (χ0v) is 31.3. The van der Waals surface area contributed by atoms with Crippen LogP contribution in [0.15, 0.2) is 29.3 Å². The fourth-order valence-electron chi connectivity index (χ4n) is 5.28. The summed E-state index contributed by atoms with van der Waals surface area (Å²) in [6.45, 7) is 5.24. The van der Waals surface area contributed by atoms with Crippen LogP contribution in [0.5, 0.6) is 0 Å². The first-order chi connectivity index (χ1) is 25.1. The van der Waals surface area contributed by atoms with Crippen molar-refractivity contribution in [1.82, 2.24) is 15.5 Å². The van der Waals surface area contributed by atoms with Crippen molar-refractivity contribution in [2.75, 3.05) is 19.6 Å². The Labute approximate surface area is 313 Å². The topological polar surface area (TPSA) is 210 Å². The molecule has 1 aliphatic heterocycles. The van der Waals surface area contributed by atoms with Crippen molar-refractivity contribution >= 4 is 52.5 Å². The largest absolute Gasteiger partial charge is 0.490 e. The number of aliphatic carboxylic acids is 3. The standard InChI is InChI=1S/C34H53N5O6S.C2HF3O2/c1-3-4-5-6-7-8-9-10-11-12-13-14-24-39-25(2)30(33(45)37-23-21-29(42)43)46-34(39)38-32(44)27-19-17-26(18-20-27)31(35)36-22-15-16-28(40)41;3-2(4,5)1(6)7/h17-20,25,30H,3-16,21-24H2,1-2H3,(H2,35,36)(H,37,45)(H,40,41)(H,42,43);(H,6,7). The van der Waals surface area contributed by atoms with E-state index in [1.165, 1.54) is 69.5 Å². The molecule has 2 amide bonds. The fraction of sp³-hybridized carbons (Fsp3) is 0.639. The number of unbranched alkanes of at least 4 members (excludes halogenated alkanes) is 11. The number of halogens is 3. The minimum Gasteiger partial charge on any atom is -0.481 e. The second kappa shape index (κ2) is 25.8. The third-order valence-corrected chi connectivity index (χ3v) is 9.68. The quantitative estimate of drug-likeness (QED) is 0.0392. The maximum absolute atomic E-state index is 13.2. The first-order valence-corrected chi connectivity index (χ1v) is 19.0. The molecule has 0 radical (unpaired) electrons. The molecule has 1 aliphatic rings. The Hall–Kier alpha value is -4.15. The summed E-state index contributed by atoms with van der Waals surface area (Å²) in [5.41, 5.74) is 0.915. The summed E-state index contributed by atoms with van der Waals surface area (Å²) in [5, 5.41) is 38.5. The van der Waals surface area contributed by atoms with Gasteiger partial charge in [-0.2, -0.15) is 18.2 Å². The Balaban J connectivity index is 0.00000181. The summed E-state index contributed by atoms with van der Waals surface area (Å²) in [6, 6.07) is 6.28. The highest BCUT2D eigenvalue weighted by Crippen LogP contribution is 2.33. The van der Waals surface area contributed by atoms with E-state index in [0.717, 1.165) is 19.3 Å². The Morgan fingerprint density at radius 2 is 1.26 bits per heavy atom. The van der Waals surface area contributed by atoms with Gasteiger partial charge in [0.15, 0.2) is 5.17 Å². The number of alkyl halides is 3. The molecule has 298 valence electrons. The summed E-state index contributed by atoms with van der Waals surface area (Å²) < 4.78 is 31.7. The van der Waals surface area contributed by atoms with E-state index < -0.39 is 35.2 Å². The Morgan fingerprint density at radius 1 is 0.774 bits per heavy atom. The molecule has 2 atom stereocenters. The SMILES string of the molecule is CCCCCCCCCCCCCCN1C(=NC(=O)c2ccc(C(=N)NCCCC(=O)O)cc2)SC(C(=O)NCCC(=O)O)C1C.O=C(O)C(F)(F)F. The molecule has 53 heavy (non-hydrogen) atoms. The van der Waals surface area contributed by atoms with Crippen LogP contribution >= 0.6 is 11.8 Å². The van der Waals surface area contributed by atoms with Crippen LogP contribution in [0.4, 0.5) is 13.2 Å². The molecule has 0 bridgehead atoms. The molecule has 13 nitrogen and oxygen atoms in total. The van der Waals surface area contributed by atoms with Crippen molar-refractivity contribution in [2.24, 2.45) is 4.99 Å². The van der Waals surface area contributed by atoms with Gasteiger partial charge in [0.05, 0.1) is 6.42 Å². The normalized spacial score (nSPS) is 16.1. The van der Waals surface area contributed by atoms with Crippen molar-refractivity contribution in [3.05, 3.63) is 35.4 Å². The number of carbonyl (C=O) groups excluding carboxylic acids is 2. The highest BCUT2D eigenvalue weighted by molar-refractivity contribution is 8.15. The number of hydrogen-bond acceptors (Lipinski definition) is 7. The zero-order valence-electron chi connectivity index (χ0n) is 30.5. The van der Waals surface area contributed by atoms with E-state index in [2.05, 4.69) is 22.5 Å². The maximum Gasteiger partial charge on any atom is 0.490 e. The summed E-state index contributed by atoms with van der Waals surface area (Å²) in [4.78, 5) is 63.0. The summed E-state index contributed by atoms with van der Waals surface area (Å²) in [5.74, 6) is -5.20. The number of carbonyl (C=O) groups is 5. The molecule has 2 unspecified atom stereocenters. The van der Waals surface area contributed by atoms with Gasteiger partial charge in [-0.3, -0.25) is 24.6 Å². The maximum atomic E-state index is 13.2. The van der Waals surface area contributed by atoms with Gasteiger partial charge in [0, 0.05) is 43.2 Å². The fourth-order valence-corrected chi connectivity index (χ4v) is 6.57. The lowest BCUT2D eigenvalue weighted by Crippen LogP contribution is -2.43. The molecule has 1 heterocycles. The number of amides is 2. The lowest BCUT2D eigenvalue weighted by Gasteiger charge is -2.25. The van der Waals surface area contributed by atoms with Crippen molar-refractivity contribution in [3.63, 3.8) is 0 Å². The van der Waals surface area contributed by atoms with Crippen molar-refractivity contribution in [1.29, 1.82) is 5.41 Å². The monoisotopic (exact) mass is 773 g/mol. The van der Waals surface area contributed by atoms with Crippen LogP contribution in [-0.4, -0.2) is 98.0 Å². The molecule has 0 aromatic heterocycles. The molecule has 2 rings (SSSR count). The molecule has 6 N–H and O–H groups in total. The van der Waals surface area contributed by atoms with Crippen LogP contribution in [-0.2, 0) is 19.2 Å². The van der Waals surface area contributed by atoms with Crippen LogP contribution in [0.2, 0.25) is 0 Å². The summed E-state index contributed by atoms with van der Waals surface area (Å²) in [6.07, 6.45) is 9.98. The highest BCUT2D eigenvalue weighted by Gasteiger charge is 2.41. The lowest BCUT2D eigenvalue weighted by molar-refractivity contribution is -0.192. The third kappa shape index (κ3) is 20.0. The molecular weight excluding hydrogens is 719 g/mol. The number of benzene rings is 1. The molecule has 17 heteroatoms. The first-order valence-electron chi connectivity index (χ1n) is 18.1. The van der Waals surface area contributed by atoms with E-state index in [4.69, 9.17) is 25.5 Å². The number of aliphatic imine (C=N–C) groups is 1. The minimum atomic E-state index is -5.08. The van der Waals surface area contributed by atoms with Crippen LogP contribution in [0.25, 0.3) is 0 Å². The number of carboxylic acids is 3. The molecule has 1 aromatic rings. The van der Waals surface area contributed by atoms with Gasteiger partial charge in [0.25, 0.3) is 5.91 Å². The molecule has 1 saturated heterocycles. The molecule has 1 aromatic carbocycles. The van der Waals surface area contributed by atoms with E-state index in [1.807, 2.05) is 11.8 Å². The average Bonchev–Trinajstić information content (AvgIpc) is 3.40. The predicted molar refractivity (Wildman–Crippen MR) is 197 cm³/mol. The summed E-state index contributed by atoms with van der Waals surface area (Å²) in [7, 11) is 0. The van der Waals surface area contributed by atoms with Crippen LogP contribution in [0, 0.1) is 5.41 Å². The number of carboxylic acid groups (broad SMARTS) is 3. The van der Waals surface area contributed by atoms with E-state index in [9.17, 15) is 32.3 Å². The molecule has 0 aliphatic carbocycles. The number of rotatable bonds is 23. The second-order valence-corrected chi connectivity index (χ2v) is 13.8. The Kier molecular flexibility index (Phi) is 22.8. The number of amidine groups is 2. The molecule has 0 spiro atoms. The van der Waals surface area contributed by atoms with E-state index in [1.54, 1.807) is 24.3 Å². The predicted octanol–water partition coefficient (Wildman–Crippen LogP) is 6.69. The average molecular weight is 774 g/mol. The smallest absolute Gasteiger partial charge is 0.481 e. The lowest BCUT2D eigenvalue weighted by atomic mass is 10.1. The van der Waals surface area contributed by atoms with Crippen molar-refractivity contribution in [2.45, 2.75) is 128 Å². The Bertz CT molecular complexity index is 1360.